The molecule has 0 N–H and O–H groups in total. The Bertz CT molecular complexity index is 513. The van der Waals surface area contributed by atoms with Crippen LogP contribution in [-0.4, -0.2) is 38.7 Å². The summed E-state index contributed by atoms with van der Waals surface area (Å²) >= 11 is 9.30. The Morgan fingerprint density at radius 2 is 1.22 bits per heavy atom. The van der Waals surface area contributed by atoms with Gasteiger partial charge in [0, 0.05) is 46.4 Å². The number of rotatable bonds is 7. The number of esters is 2. The second-order valence-electron chi connectivity index (χ2n) is 4.67. The Kier molecular flexibility index (Phi) is 36.1. The summed E-state index contributed by atoms with van der Waals surface area (Å²) in [7, 11) is 2.44. The first-order valence-corrected chi connectivity index (χ1v) is 11.9. The van der Waals surface area contributed by atoms with Gasteiger partial charge in [-0.25, -0.2) is 17.5 Å². The number of methoxy groups -OCH3 is 2. The fourth-order valence-electron chi connectivity index (χ4n) is 1.42. The van der Waals surface area contributed by atoms with Crippen LogP contribution < -0.4 is 0 Å². The van der Waals surface area contributed by atoms with Crippen LogP contribution in [0.2, 0.25) is 0 Å². The standard InChI is InChI=1S/C11H14O4S4.2C5H5.2Mo.H2S/c1-14-8(12)5-7(9(13)15-2)6-19-11(18-4)10(16)17-3;2*1-2-4-5-3-1;;;/h6,16H,1-4H3;2*1-5H;;;1H2/q-2;;;;;/p-2/b11-10+;;;;;. The second-order valence-corrected chi connectivity index (χ2v) is 8.10. The third kappa shape index (κ3) is 21.8. The molecule has 32 heavy (non-hydrogen) atoms. The molecule has 0 aromatic heterocycles. The Morgan fingerprint density at radius 1 is 0.812 bits per heavy atom. The van der Waals surface area contributed by atoms with Gasteiger partial charge in [0.1, 0.15) is 0 Å². The zero-order valence-corrected chi connectivity index (χ0v) is 26.1. The molecule has 10 radical (unpaired) electrons. The van der Waals surface area contributed by atoms with Crippen molar-refractivity contribution in [2.45, 2.75) is 0 Å². The number of thiol groups is 1. The number of carbonyl (C=O) groups excluding carboxylic acids is 2. The molecule has 0 spiro atoms. The monoisotopic (exact) mass is 696 g/mol. The summed E-state index contributed by atoms with van der Waals surface area (Å²) < 4.78 is 10.6. The summed E-state index contributed by atoms with van der Waals surface area (Å²) in [5.41, 5.74) is -0.00481. The molecule has 0 saturated heterocycles. The molecule has 2 aliphatic carbocycles. The van der Waals surface area contributed by atoms with E-state index in [1.54, 1.807) is 0 Å². The molecular weight excluding hydrogens is 668 g/mol. The van der Waals surface area contributed by atoms with E-state index in [4.69, 9.17) is 12.6 Å². The van der Waals surface area contributed by atoms with Gasteiger partial charge in [0.15, 0.2) is 0 Å². The first-order valence-electron chi connectivity index (χ1n) is 8.12. The van der Waals surface area contributed by atoms with Crippen LogP contribution >= 0.6 is 35.3 Å². The number of carbonyl (C=O) groups is 2. The van der Waals surface area contributed by atoms with Crippen LogP contribution in [0.25, 0.3) is 0 Å². The van der Waals surface area contributed by atoms with Crippen molar-refractivity contribution in [2.75, 3.05) is 26.7 Å². The van der Waals surface area contributed by atoms with Crippen molar-refractivity contribution in [3.8, 4) is 0 Å². The van der Waals surface area contributed by atoms with E-state index >= 15 is 0 Å². The summed E-state index contributed by atoms with van der Waals surface area (Å²) in [4.78, 5) is 22.6. The van der Waals surface area contributed by atoms with Crippen LogP contribution in [0.5, 0.6) is 0 Å². The maximum absolute atomic E-state index is 11.5. The maximum Gasteiger partial charge on any atom is 0.204 e. The van der Waals surface area contributed by atoms with Crippen molar-refractivity contribution in [2.24, 2.45) is 0 Å². The van der Waals surface area contributed by atoms with Gasteiger partial charge in [0.05, 0.1) is 20.2 Å². The molecule has 0 unspecified atom stereocenters. The average molecular weight is 693 g/mol. The van der Waals surface area contributed by atoms with E-state index in [1.807, 2.05) is 76.7 Å². The van der Waals surface area contributed by atoms with Gasteiger partial charge < -0.3 is 40.4 Å². The van der Waals surface area contributed by atoms with E-state index in [2.05, 4.69) is 15.5 Å². The SMILES string of the molecule is COC(=O)[C-]=C([CH-]S/C(SC)=C(\[S-])SC)C(=O)OC.[CH]1[CH][CH][CH][CH]1.[CH]1[CH][CH][CH][CH]1.[Mo].[Mo].[SH-]. The molecule has 0 heterocycles. The van der Waals surface area contributed by atoms with Crippen LogP contribution in [0.15, 0.2) is 14.0 Å². The van der Waals surface area contributed by atoms with Gasteiger partial charge in [-0.1, -0.05) is 0 Å². The van der Waals surface area contributed by atoms with Crippen molar-refractivity contribution >= 4 is 73.3 Å². The zero-order valence-electron chi connectivity index (χ0n) is 17.9. The molecular formula is C21H24Mo2O4S5-4. The molecule has 178 valence electrons. The predicted molar refractivity (Wildman–Crippen MR) is 136 cm³/mol. The Hall–Kier alpha value is 1.29. The minimum atomic E-state index is -0.740. The summed E-state index contributed by atoms with van der Waals surface area (Å²) in [6.07, 6.45) is 26.0. The molecule has 2 rings (SSSR count). The van der Waals surface area contributed by atoms with Gasteiger partial charge in [-0.2, -0.15) is 11.8 Å². The first-order chi connectivity index (χ1) is 14.0. The molecule has 0 aromatic carbocycles. The zero-order chi connectivity index (χ0) is 21.9. The molecule has 0 aliphatic heterocycles. The summed E-state index contributed by atoms with van der Waals surface area (Å²) in [6.45, 7) is 0. The van der Waals surface area contributed by atoms with Crippen molar-refractivity contribution < 1.29 is 61.2 Å². The second kappa shape index (κ2) is 28.5. The van der Waals surface area contributed by atoms with Gasteiger partial charge in [-0.3, -0.25) is 16.4 Å². The van der Waals surface area contributed by atoms with E-state index in [-0.39, 0.29) is 61.2 Å². The molecule has 4 nitrogen and oxygen atoms in total. The number of hydrogen-bond acceptors (Lipinski definition) is 9. The molecule has 0 atom stereocenters. The Balaban J connectivity index is -0.000000246. The van der Waals surface area contributed by atoms with E-state index < -0.39 is 11.9 Å². The molecule has 2 fully saturated rings. The van der Waals surface area contributed by atoms with Crippen LogP contribution in [0.4, 0.5) is 0 Å². The molecule has 0 bridgehead atoms. The topological polar surface area (TPSA) is 52.6 Å². The number of hydrogen-bond donors (Lipinski definition) is 0. The summed E-state index contributed by atoms with van der Waals surface area (Å²) in [6, 6.07) is 0. The van der Waals surface area contributed by atoms with Crippen LogP contribution in [0, 0.1) is 76.0 Å². The van der Waals surface area contributed by atoms with Crippen LogP contribution in [0.1, 0.15) is 0 Å². The van der Waals surface area contributed by atoms with Gasteiger partial charge in [0.25, 0.3) is 0 Å². The molecule has 2 saturated carbocycles. The van der Waals surface area contributed by atoms with E-state index in [9.17, 15) is 9.59 Å². The summed E-state index contributed by atoms with van der Waals surface area (Å²) in [5, 5.41) is 0. The smallest absolute Gasteiger partial charge is 0.204 e. The van der Waals surface area contributed by atoms with Crippen LogP contribution in [0.3, 0.4) is 0 Å². The Labute approximate surface area is 249 Å². The number of thioether (sulfide) groups is 3. The molecule has 0 aromatic rings. The molecule has 2 aliphatic rings. The number of ether oxygens (including phenoxy) is 2. The average Bonchev–Trinajstić information content (AvgIpc) is 3.50. The molecule has 0 amide bonds. The molecule has 11 heteroatoms. The van der Waals surface area contributed by atoms with E-state index in [1.165, 1.54) is 55.3 Å². The summed E-state index contributed by atoms with van der Waals surface area (Å²) in [5.74, 6) is 0.0701. The largest absolute Gasteiger partial charge is 0.813 e. The van der Waals surface area contributed by atoms with E-state index in [0.717, 1.165) is 8.47 Å². The third-order valence-corrected chi connectivity index (χ3v) is 6.69. The quantitative estimate of drug-likeness (QED) is 0.0981. The van der Waals surface area contributed by atoms with Crippen molar-refractivity contribution in [3.63, 3.8) is 0 Å². The third-order valence-electron chi connectivity index (χ3n) is 2.76. The van der Waals surface area contributed by atoms with Gasteiger partial charge >= 0.3 is 0 Å². The van der Waals surface area contributed by atoms with Crippen molar-refractivity contribution in [3.05, 3.63) is 90.1 Å². The Morgan fingerprint density at radius 3 is 1.50 bits per heavy atom. The van der Waals surface area contributed by atoms with Crippen molar-refractivity contribution in [1.29, 1.82) is 0 Å². The normalized spacial score (nSPS) is 14.9. The maximum atomic E-state index is 11.5. The minimum Gasteiger partial charge on any atom is -0.813 e. The first kappa shape index (κ1) is 40.5. The fraction of sp³-hybridized carbons (Fsp3) is 0.190. The van der Waals surface area contributed by atoms with Gasteiger partial charge in [-0.05, 0) is 76.7 Å². The van der Waals surface area contributed by atoms with Gasteiger partial charge in [-0.15, -0.1) is 16.0 Å². The van der Waals surface area contributed by atoms with Crippen molar-refractivity contribution in [1.82, 2.24) is 0 Å². The minimum absolute atomic E-state index is 0. The fourth-order valence-corrected chi connectivity index (χ4v) is 4.04. The van der Waals surface area contributed by atoms with E-state index in [0.29, 0.717) is 0 Å². The van der Waals surface area contributed by atoms with Gasteiger partial charge in [0.2, 0.25) is 5.97 Å². The van der Waals surface area contributed by atoms with Crippen LogP contribution in [-0.2, 0) is 87.3 Å². The predicted octanol–water partition coefficient (Wildman–Crippen LogP) is 4.12.